The Kier molecular flexibility index (Phi) is 4.62. The van der Waals surface area contributed by atoms with Gasteiger partial charge in [0.05, 0.1) is 23.1 Å². The van der Waals surface area contributed by atoms with E-state index >= 15 is 0 Å². The minimum Gasteiger partial charge on any atom is -0.376 e. The minimum absolute atomic E-state index is 0.221. The summed E-state index contributed by atoms with van der Waals surface area (Å²) in [6, 6.07) is 5.79. The minimum atomic E-state index is 0.221. The highest BCUT2D eigenvalue weighted by Gasteiger charge is 2.19. The average molecular weight is 351 g/mol. The van der Waals surface area contributed by atoms with E-state index in [1.807, 2.05) is 32.0 Å². The molecular weight excluding hydrogens is 330 g/mol. The first-order valence-corrected chi connectivity index (χ1v) is 8.79. The summed E-state index contributed by atoms with van der Waals surface area (Å²) in [5, 5.41) is 7.27. The SMILES string of the molecule is Cc1cc(-c2cnc(NC[C@H]3CCCO3)nc2-c2cccnc2C)on1. The molecule has 4 heterocycles. The van der Waals surface area contributed by atoms with Crippen LogP contribution in [0.4, 0.5) is 5.95 Å². The Balaban J connectivity index is 1.71. The van der Waals surface area contributed by atoms with Crippen LogP contribution in [0.25, 0.3) is 22.6 Å². The molecule has 0 bridgehead atoms. The van der Waals surface area contributed by atoms with Gasteiger partial charge in [0, 0.05) is 42.9 Å². The molecule has 0 amide bonds. The van der Waals surface area contributed by atoms with Crippen molar-refractivity contribution in [1.82, 2.24) is 20.1 Å². The molecular formula is C19H21N5O2. The van der Waals surface area contributed by atoms with Gasteiger partial charge in [-0.05, 0) is 38.8 Å². The lowest BCUT2D eigenvalue weighted by atomic mass is 10.0. The summed E-state index contributed by atoms with van der Waals surface area (Å²) in [6.45, 7) is 5.38. The Morgan fingerprint density at radius 2 is 2.15 bits per heavy atom. The van der Waals surface area contributed by atoms with Gasteiger partial charge in [0.25, 0.3) is 0 Å². The third-order valence-corrected chi connectivity index (χ3v) is 4.46. The van der Waals surface area contributed by atoms with Crippen LogP contribution in [0.15, 0.2) is 35.1 Å². The Morgan fingerprint density at radius 3 is 2.88 bits per heavy atom. The smallest absolute Gasteiger partial charge is 0.223 e. The molecule has 1 N–H and O–H groups in total. The number of hydrogen-bond donors (Lipinski definition) is 1. The molecule has 7 heteroatoms. The van der Waals surface area contributed by atoms with E-state index < -0.39 is 0 Å². The number of nitrogens with zero attached hydrogens (tertiary/aromatic N) is 4. The molecule has 7 nitrogen and oxygen atoms in total. The van der Waals surface area contributed by atoms with Crippen LogP contribution in [0.2, 0.25) is 0 Å². The molecule has 134 valence electrons. The van der Waals surface area contributed by atoms with Crippen molar-refractivity contribution in [2.75, 3.05) is 18.5 Å². The number of pyridine rings is 1. The van der Waals surface area contributed by atoms with Gasteiger partial charge in [-0.1, -0.05) is 5.16 Å². The van der Waals surface area contributed by atoms with Crippen LogP contribution in [-0.4, -0.2) is 39.4 Å². The molecule has 0 aromatic carbocycles. The van der Waals surface area contributed by atoms with Crippen LogP contribution >= 0.6 is 0 Å². The number of anilines is 1. The van der Waals surface area contributed by atoms with Crippen molar-refractivity contribution in [2.45, 2.75) is 32.8 Å². The number of aromatic nitrogens is 4. The summed E-state index contributed by atoms with van der Waals surface area (Å²) in [7, 11) is 0. The maximum atomic E-state index is 5.65. The van der Waals surface area contributed by atoms with Crippen molar-refractivity contribution in [1.29, 1.82) is 0 Å². The van der Waals surface area contributed by atoms with Gasteiger partial charge in [-0.15, -0.1) is 0 Å². The standard InChI is InChI=1S/C19H21N5O2/c1-12-9-17(26-24-12)16-11-22-19(21-10-14-5-4-8-25-14)23-18(16)15-6-3-7-20-13(15)2/h3,6-7,9,11,14H,4-5,8,10H2,1-2H3,(H,21,22,23)/t14-/m1/s1. The van der Waals surface area contributed by atoms with E-state index in [9.17, 15) is 0 Å². The van der Waals surface area contributed by atoms with E-state index in [1.54, 1.807) is 12.4 Å². The Bertz CT molecular complexity index is 902. The lowest BCUT2D eigenvalue weighted by Gasteiger charge is -2.13. The Labute approximate surface area is 151 Å². The van der Waals surface area contributed by atoms with E-state index in [0.29, 0.717) is 18.3 Å². The van der Waals surface area contributed by atoms with E-state index in [4.69, 9.17) is 14.2 Å². The molecule has 26 heavy (non-hydrogen) atoms. The Hall–Kier alpha value is -2.80. The quantitative estimate of drug-likeness (QED) is 0.754. The fourth-order valence-electron chi connectivity index (χ4n) is 3.09. The monoisotopic (exact) mass is 351 g/mol. The predicted molar refractivity (Wildman–Crippen MR) is 97.7 cm³/mol. The number of aryl methyl sites for hydroxylation is 2. The maximum absolute atomic E-state index is 5.65. The largest absolute Gasteiger partial charge is 0.376 e. The van der Waals surface area contributed by atoms with Crippen LogP contribution in [0.3, 0.4) is 0 Å². The van der Waals surface area contributed by atoms with E-state index in [0.717, 1.165) is 47.7 Å². The molecule has 1 aliphatic rings. The molecule has 0 spiro atoms. The second-order valence-corrected chi connectivity index (χ2v) is 6.44. The molecule has 0 saturated carbocycles. The van der Waals surface area contributed by atoms with Gasteiger partial charge in [-0.2, -0.15) is 0 Å². The third-order valence-electron chi connectivity index (χ3n) is 4.46. The van der Waals surface area contributed by atoms with Crippen molar-refractivity contribution < 1.29 is 9.26 Å². The molecule has 1 saturated heterocycles. The summed E-state index contributed by atoms with van der Waals surface area (Å²) in [5.41, 5.74) is 4.23. The van der Waals surface area contributed by atoms with E-state index in [-0.39, 0.29) is 6.10 Å². The van der Waals surface area contributed by atoms with Gasteiger partial charge >= 0.3 is 0 Å². The zero-order valence-electron chi connectivity index (χ0n) is 14.9. The fraction of sp³-hybridized carbons (Fsp3) is 0.368. The third kappa shape index (κ3) is 3.43. The molecule has 3 aromatic heterocycles. The highest BCUT2D eigenvalue weighted by Crippen LogP contribution is 2.32. The second kappa shape index (κ2) is 7.21. The molecule has 1 fully saturated rings. The number of nitrogens with one attached hydrogen (secondary N) is 1. The molecule has 4 rings (SSSR count). The van der Waals surface area contributed by atoms with Crippen LogP contribution in [0.5, 0.6) is 0 Å². The lowest BCUT2D eigenvalue weighted by molar-refractivity contribution is 0.120. The van der Waals surface area contributed by atoms with Crippen LogP contribution in [-0.2, 0) is 4.74 Å². The molecule has 1 aliphatic heterocycles. The van der Waals surface area contributed by atoms with Gasteiger partial charge < -0.3 is 14.6 Å². The predicted octanol–water partition coefficient (Wildman–Crippen LogP) is 3.40. The van der Waals surface area contributed by atoms with Gasteiger partial charge in [0.2, 0.25) is 5.95 Å². The zero-order valence-corrected chi connectivity index (χ0v) is 14.9. The van der Waals surface area contributed by atoms with Crippen LogP contribution in [0, 0.1) is 13.8 Å². The summed E-state index contributed by atoms with van der Waals surface area (Å²) < 4.78 is 11.1. The molecule has 0 aliphatic carbocycles. The summed E-state index contributed by atoms with van der Waals surface area (Å²) >= 11 is 0. The maximum Gasteiger partial charge on any atom is 0.223 e. The summed E-state index contributed by atoms with van der Waals surface area (Å²) in [5.74, 6) is 1.21. The first-order valence-electron chi connectivity index (χ1n) is 8.79. The van der Waals surface area contributed by atoms with Crippen molar-refractivity contribution >= 4 is 5.95 Å². The van der Waals surface area contributed by atoms with Crippen molar-refractivity contribution in [3.63, 3.8) is 0 Å². The summed E-state index contributed by atoms with van der Waals surface area (Å²) in [4.78, 5) is 13.6. The van der Waals surface area contributed by atoms with Gasteiger partial charge in [0.1, 0.15) is 0 Å². The van der Waals surface area contributed by atoms with Crippen molar-refractivity contribution in [3.05, 3.63) is 42.0 Å². The normalized spacial score (nSPS) is 16.8. The van der Waals surface area contributed by atoms with Crippen molar-refractivity contribution in [2.24, 2.45) is 0 Å². The first-order chi connectivity index (χ1) is 12.7. The van der Waals surface area contributed by atoms with Crippen molar-refractivity contribution in [3.8, 4) is 22.6 Å². The number of rotatable bonds is 5. The fourth-order valence-corrected chi connectivity index (χ4v) is 3.09. The van der Waals surface area contributed by atoms with Gasteiger partial charge in [-0.25, -0.2) is 9.97 Å². The topological polar surface area (TPSA) is 86.0 Å². The van der Waals surface area contributed by atoms with E-state index in [2.05, 4.69) is 20.4 Å². The zero-order chi connectivity index (χ0) is 17.9. The van der Waals surface area contributed by atoms with Gasteiger partial charge in [0.15, 0.2) is 5.76 Å². The molecule has 3 aromatic rings. The molecule has 0 radical (unpaired) electrons. The van der Waals surface area contributed by atoms with Crippen LogP contribution < -0.4 is 5.32 Å². The average Bonchev–Trinajstić information content (AvgIpc) is 3.32. The summed E-state index contributed by atoms with van der Waals surface area (Å²) in [6.07, 6.45) is 5.94. The highest BCUT2D eigenvalue weighted by molar-refractivity contribution is 5.79. The lowest BCUT2D eigenvalue weighted by Crippen LogP contribution is -2.19. The number of hydrogen-bond acceptors (Lipinski definition) is 7. The molecule has 1 atom stereocenters. The van der Waals surface area contributed by atoms with Crippen LogP contribution in [0.1, 0.15) is 24.2 Å². The number of ether oxygens (including phenoxy) is 1. The van der Waals surface area contributed by atoms with Gasteiger partial charge in [-0.3, -0.25) is 4.98 Å². The highest BCUT2D eigenvalue weighted by atomic mass is 16.5. The van der Waals surface area contributed by atoms with E-state index in [1.165, 1.54) is 0 Å². The Morgan fingerprint density at radius 1 is 1.23 bits per heavy atom. The molecule has 0 unspecified atom stereocenters. The first kappa shape index (κ1) is 16.7. The second-order valence-electron chi connectivity index (χ2n) is 6.44.